The van der Waals surface area contributed by atoms with Gasteiger partial charge in [-0.3, -0.25) is 10.1 Å². The van der Waals surface area contributed by atoms with Crippen LogP contribution in [0.15, 0.2) is 18.2 Å². The first-order chi connectivity index (χ1) is 7.58. The molecule has 0 spiro atoms. The molecule has 0 N–H and O–H groups in total. The number of hydrogen-bond acceptors (Lipinski definition) is 2. The summed E-state index contributed by atoms with van der Waals surface area (Å²) in [7, 11) is 0. The van der Waals surface area contributed by atoms with Crippen molar-refractivity contribution in [1.29, 1.82) is 0 Å². The van der Waals surface area contributed by atoms with Crippen LogP contribution in [0.4, 0.5) is 5.69 Å². The molecule has 1 aliphatic rings. The molecule has 0 radical (unpaired) electrons. The minimum Gasteiger partial charge on any atom is -0.258 e. The molecule has 0 saturated heterocycles. The van der Waals surface area contributed by atoms with Crippen LogP contribution >= 0.6 is 11.6 Å². The lowest BCUT2D eigenvalue weighted by atomic mass is 10.0. The van der Waals surface area contributed by atoms with Crippen molar-refractivity contribution in [3.63, 3.8) is 0 Å². The monoisotopic (exact) mass is 239 g/mol. The zero-order chi connectivity index (χ0) is 11.7. The van der Waals surface area contributed by atoms with Gasteiger partial charge in [0.25, 0.3) is 5.69 Å². The SMILES string of the molecule is Cc1ccc(CC(Cl)C2CC2)c([N+](=O)[O-])c1. The molecule has 1 unspecified atom stereocenters. The Bertz CT molecular complexity index is 415. The van der Waals surface area contributed by atoms with Gasteiger partial charge in [0.05, 0.1) is 4.92 Å². The van der Waals surface area contributed by atoms with E-state index in [1.165, 1.54) is 0 Å². The molecular formula is C12H14ClNO2. The summed E-state index contributed by atoms with van der Waals surface area (Å²) in [4.78, 5) is 10.6. The number of nitrogens with zero attached hydrogens (tertiary/aromatic N) is 1. The predicted molar refractivity (Wildman–Crippen MR) is 63.9 cm³/mol. The number of hydrogen-bond donors (Lipinski definition) is 0. The number of benzene rings is 1. The first-order valence-corrected chi connectivity index (χ1v) is 5.89. The lowest BCUT2D eigenvalue weighted by Gasteiger charge is -2.08. The largest absolute Gasteiger partial charge is 0.272 e. The third-order valence-electron chi connectivity index (χ3n) is 2.99. The highest BCUT2D eigenvalue weighted by Crippen LogP contribution is 2.38. The van der Waals surface area contributed by atoms with Gasteiger partial charge in [-0.15, -0.1) is 11.6 Å². The molecule has 4 heteroatoms. The average Bonchev–Trinajstić information content (AvgIpc) is 3.03. The molecule has 86 valence electrons. The summed E-state index contributed by atoms with van der Waals surface area (Å²) in [6.07, 6.45) is 2.92. The van der Waals surface area contributed by atoms with Crippen LogP contribution in [0.5, 0.6) is 0 Å². The van der Waals surface area contributed by atoms with E-state index in [9.17, 15) is 10.1 Å². The summed E-state index contributed by atoms with van der Waals surface area (Å²) in [5.41, 5.74) is 1.86. The number of nitro benzene ring substituents is 1. The molecule has 0 amide bonds. The third-order valence-corrected chi connectivity index (χ3v) is 3.50. The Kier molecular flexibility index (Phi) is 3.15. The molecular weight excluding hydrogens is 226 g/mol. The molecule has 0 bridgehead atoms. The molecule has 0 aliphatic heterocycles. The van der Waals surface area contributed by atoms with E-state index in [-0.39, 0.29) is 16.0 Å². The number of alkyl halides is 1. The molecule has 1 atom stereocenters. The molecule has 1 aromatic carbocycles. The summed E-state index contributed by atoms with van der Waals surface area (Å²) < 4.78 is 0. The fraction of sp³-hybridized carbons (Fsp3) is 0.500. The smallest absolute Gasteiger partial charge is 0.258 e. The highest BCUT2D eigenvalue weighted by atomic mass is 35.5. The van der Waals surface area contributed by atoms with Crippen LogP contribution in [0.3, 0.4) is 0 Å². The van der Waals surface area contributed by atoms with Gasteiger partial charge >= 0.3 is 0 Å². The molecule has 1 aromatic rings. The fourth-order valence-electron chi connectivity index (χ4n) is 1.85. The van der Waals surface area contributed by atoms with E-state index < -0.39 is 0 Å². The lowest BCUT2D eigenvalue weighted by molar-refractivity contribution is -0.385. The molecule has 3 nitrogen and oxygen atoms in total. The minimum atomic E-state index is -0.321. The van der Waals surface area contributed by atoms with Crippen LogP contribution in [-0.2, 0) is 6.42 Å². The molecule has 2 rings (SSSR count). The normalized spacial score (nSPS) is 17.1. The van der Waals surface area contributed by atoms with Crippen molar-refractivity contribution in [3.8, 4) is 0 Å². The summed E-state index contributed by atoms with van der Waals surface area (Å²) >= 11 is 6.21. The van der Waals surface area contributed by atoms with Crippen molar-refractivity contribution in [2.24, 2.45) is 5.92 Å². The van der Waals surface area contributed by atoms with Crippen LogP contribution in [-0.4, -0.2) is 10.3 Å². The van der Waals surface area contributed by atoms with Crippen molar-refractivity contribution in [2.75, 3.05) is 0 Å². The van der Waals surface area contributed by atoms with Gasteiger partial charge in [0.1, 0.15) is 0 Å². The molecule has 1 saturated carbocycles. The van der Waals surface area contributed by atoms with E-state index in [4.69, 9.17) is 11.6 Å². The summed E-state index contributed by atoms with van der Waals surface area (Å²) in [5, 5.41) is 10.9. The van der Waals surface area contributed by atoms with Gasteiger partial charge in [0, 0.05) is 17.0 Å². The van der Waals surface area contributed by atoms with Crippen LogP contribution < -0.4 is 0 Å². The third kappa shape index (κ3) is 2.53. The van der Waals surface area contributed by atoms with Crippen LogP contribution in [0.2, 0.25) is 0 Å². The van der Waals surface area contributed by atoms with E-state index in [1.807, 2.05) is 19.1 Å². The highest BCUT2D eigenvalue weighted by Gasteiger charge is 2.31. The van der Waals surface area contributed by atoms with Crippen molar-refractivity contribution >= 4 is 17.3 Å². The van der Waals surface area contributed by atoms with Gasteiger partial charge in [-0.2, -0.15) is 0 Å². The second-order valence-corrected chi connectivity index (χ2v) is 5.01. The summed E-state index contributed by atoms with van der Waals surface area (Å²) in [6, 6.07) is 5.34. The van der Waals surface area contributed by atoms with Gasteiger partial charge in [0.2, 0.25) is 0 Å². The molecule has 0 aromatic heterocycles. The van der Waals surface area contributed by atoms with Crippen molar-refractivity contribution in [2.45, 2.75) is 31.6 Å². The molecule has 1 fully saturated rings. The molecule has 16 heavy (non-hydrogen) atoms. The first-order valence-electron chi connectivity index (χ1n) is 5.46. The van der Waals surface area contributed by atoms with E-state index in [0.29, 0.717) is 12.3 Å². The molecule has 0 heterocycles. The summed E-state index contributed by atoms with van der Waals surface area (Å²) in [6.45, 7) is 1.86. The van der Waals surface area contributed by atoms with Gasteiger partial charge in [-0.1, -0.05) is 12.1 Å². The van der Waals surface area contributed by atoms with E-state index in [2.05, 4.69) is 0 Å². The minimum absolute atomic E-state index is 0.0430. The van der Waals surface area contributed by atoms with E-state index in [0.717, 1.165) is 24.0 Å². The van der Waals surface area contributed by atoms with Crippen LogP contribution in [0, 0.1) is 23.0 Å². The van der Waals surface area contributed by atoms with E-state index >= 15 is 0 Å². The summed E-state index contributed by atoms with van der Waals surface area (Å²) in [5.74, 6) is 0.558. The first kappa shape index (κ1) is 11.4. The van der Waals surface area contributed by atoms with Gasteiger partial charge in [-0.05, 0) is 37.7 Å². The zero-order valence-corrected chi connectivity index (χ0v) is 9.91. The van der Waals surface area contributed by atoms with E-state index in [1.54, 1.807) is 6.07 Å². The Balaban J connectivity index is 2.21. The van der Waals surface area contributed by atoms with Crippen molar-refractivity contribution in [1.82, 2.24) is 0 Å². The molecule has 1 aliphatic carbocycles. The average molecular weight is 240 g/mol. The number of rotatable bonds is 4. The fourth-order valence-corrected chi connectivity index (χ4v) is 2.27. The maximum Gasteiger partial charge on any atom is 0.272 e. The second-order valence-electron chi connectivity index (χ2n) is 4.45. The zero-order valence-electron chi connectivity index (χ0n) is 9.15. The van der Waals surface area contributed by atoms with Gasteiger partial charge < -0.3 is 0 Å². The van der Waals surface area contributed by atoms with Crippen LogP contribution in [0.1, 0.15) is 24.0 Å². The second kappa shape index (κ2) is 4.42. The Labute approximate surface area is 99.6 Å². The number of aryl methyl sites for hydroxylation is 1. The van der Waals surface area contributed by atoms with Crippen molar-refractivity contribution in [3.05, 3.63) is 39.4 Å². The van der Waals surface area contributed by atoms with Crippen LogP contribution in [0.25, 0.3) is 0 Å². The Hall–Kier alpha value is -1.09. The Morgan fingerprint density at radius 2 is 2.25 bits per heavy atom. The number of nitro groups is 1. The lowest BCUT2D eigenvalue weighted by Crippen LogP contribution is -2.07. The van der Waals surface area contributed by atoms with Crippen molar-refractivity contribution < 1.29 is 4.92 Å². The Morgan fingerprint density at radius 1 is 1.56 bits per heavy atom. The maximum absolute atomic E-state index is 10.9. The van der Waals surface area contributed by atoms with Gasteiger partial charge in [0.15, 0.2) is 0 Å². The number of halogens is 1. The topological polar surface area (TPSA) is 43.1 Å². The quantitative estimate of drug-likeness (QED) is 0.459. The predicted octanol–water partition coefficient (Wildman–Crippen LogP) is 3.46. The maximum atomic E-state index is 10.9. The standard InChI is InChI=1S/C12H14ClNO2/c1-8-2-3-10(12(6-8)14(15)16)7-11(13)9-4-5-9/h2-3,6,9,11H,4-5,7H2,1H3. The van der Waals surface area contributed by atoms with Gasteiger partial charge in [-0.25, -0.2) is 0 Å². The Morgan fingerprint density at radius 3 is 2.81 bits per heavy atom. The highest BCUT2D eigenvalue weighted by molar-refractivity contribution is 6.21.